The number of nitrogen functional groups attached to an aromatic ring is 1. The Morgan fingerprint density at radius 2 is 2.05 bits per heavy atom. The van der Waals surface area contributed by atoms with Crippen molar-refractivity contribution in [3.05, 3.63) is 29.8 Å². The number of nitrogens with one attached hydrogen (secondary N) is 1. The summed E-state index contributed by atoms with van der Waals surface area (Å²) in [5.74, 6) is 3.77. The highest BCUT2D eigenvalue weighted by Gasteiger charge is 2.54. The fourth-order valence-electron chi connectivity index (χ4n) is 3.74. The molecule has 22 heavy (non-hydrogen) atoms. The maximum Gasteiger partial charge on any atom is 0.126 e. The van der Waals surface area contributed by atoms with Gasteiger partial charge in [-0.25, -0.2) is 9.97 Å². The van der Waals surface area contributed by atoms with Gasteiger partial charge < -0.3 is 15.6 Å². The third kappa shape index (κ3) is 2.03. The molecule has 5 heteroatoms. The lowest BCUT2D eigenvalue weighted by Crippen LogP contribution is -2.17. The van der Waals surface area contributed by atoms with Crippen molar-refractivity contribution in [1.82, 2.24) is 19.9 Å². The molecule has 1 saturated heterocycles. The van der Waals surface area contributed by atoms with Gasteiger partial charge in [-0.1, -0.05) is 13.8 Å². The molecule has 2 aromatic rings. The summed E-state index contributed by atoms with van der Waals surface area (Å²) >= 11 is 0. The van der Waals surface area contributed by atoms with Crippen LogP contribution in [-0.4, -0.2) is 27.6 Å². The van der Waals surface area contributed by atoms with Crippen LogP contribution in [0.5, 0.6) is 0 Å². The van der Waals surface area contributed by atoms with Crippen molar-refractivity contribution in [2.24, 2.45) is 11.8 Å². The molecular weight excluding hydrogens is 274 g/mol. The summed E-state index contributed by atoms with van der Waals surface area (Å²) in [5, 5.41) is 3.46. The van der Waals surface area contributed by atoms with Gasteiger partial charge in [0.25, 0.3) is 0 Å². The summed E-state index contributed by atoms with van der Waals surface area (Å²) in [6.45, 7) is 8.70. The number of nitrogens with zero attached hydrogens (tertiary/aromatic N) is 3. The van der Waals surface area contributed by atoms with Crippen molar-refractivity contribution in [2.45, 2.75) is 32.7 Å². The van der Waals surface area contributed by atoms with Crippen LogP contribution in [0.15, 0.2) is 18.5 Å². The van der Waals surface area contributed by atoms with Gasteiger partial charge in [0.1, 0.15) is 11.6 Å². The number of hydrogen-bond acceptors (Lipinski definition) is 4. The van der Waals surface area contributed by atoms with Crippen molar-refractivity contribution in [1.29, 1.82) is 0 Å². The molecule has 1 aliphatic carbocycles. The number of anilines is 1. The zero-order valence-corrected chi connectivity index (χ0v) is 13.4. The average Bonchev–Trinajstić information content (AvgIpc) is 2.90. The third-order valence-corrected chi connectivity index (χ3v) is 5.06. The summed E-state index contributed by atoms with van der Waals surface area (Å²) in [7, 11) is 0. The molecule has 2 fully saturated rings. The van der Waals surface area contributed by atoms with E-state index in [-0.39, 0.29) is 0 Å². The zero-order chi connectivity index (χ0) is 15.4. The summed E-state index contributed by atoms with van der Waals surface area (Å²) in [4.78, 5) is 9.18. The molecule has 3 heterocycles. The van der Waals surface area contributed by atoms with Gasteiger partial charge in [0.05, 0.1) is 5.69 Å². The fourth-order valence-corrected chi connectivity index (χ4v) is 3.74. The summed E-state index contributed by atoms with van der Waals surface area (Å²) in [5.41, 5.74) is 8.90. The maximum atomic E-state index is 5.83. The van der Waals surface area contributed by atoms with Crippen LogP contribution >= 0.6 is 0 Å². The van der Waals surface area contributed by atoms with E-state index in [1.54, 1.807) is 0 Å². The fraction of sp³-hybridized carbons (Fsp3) is 0.529. The smallest absolute Gasteiger partial charge is 0.126 e. The van der Waals surface area contributed by atoms with E-state index in [9.17, 15) is 0 Å². The number of pyridine rings is 1. The van der Waals surface area contributed by atoms with Crippen molar-refractivity contribution in [2.75, 3.05) is 18.8 Å². The minimum atomic E-state index is 0.422. The number of imidazole rings is 1. The molecular formula is C17H23N5. The van der Waals surface area contributed by atoms with Crippen LogP contribution in [0.25, 0.3) is 11.3 Å². The first-order valence-corrected chi connectivity index (χ1v) is 8.08. The predicted molar refractivity (Wildman–Crippen MR) is 87.6 cm³/mol. The Kier molecular flexibility index (Phi) is 3.01. The first-order valence-electron chi connectivity index (χ1n) is 8.08. The largest absolute Gasteiger partial charge is 0.383 e. The van der Waals surface area contributed by atoms with Gasteiger partial charge >= 0.3 is 0 Å². The van der Waals surface area contributed by atoms with E-state index in [0.717, 1.165) is 41.7 Å². The SMILES string of the molecule is Cc1cc(-c2cn([C@H]3[C@@H]4CNC[C@@H]43)c(C(C)C)n2)cnc1N. The van der Waals surface area contributed by atoms with E-state index < -0.39 is 0 Å². The number of aryl methyl sites for hydroxylation is 1. The van der Waals surface area contributed by atoms with Gasteiger partial charge in [0, 0.05) is 43.0 Å². The molecule has 0 unspecified atom stereocenters. The molecule has 0 radical (unpaired) electrons. The second-order valence-corrected chi connectivity index (χ2v) is 6.95. The summed E-state index contributed by atoms with van der Waals surface area (Å²) < 4.78 is 2.42. The van der Waals surface area contributed by atoms with Gasteiger partial charge in [-0.3, -0.25) is 0 Å². The summed E-state index contributed by atoms with van der Waals surface area (Å²) in [6.07, 6.45) is 4.04. The van der Waals surface area contributed by atoms with Crippen LogP contribution in [0.2, 0.25) is 0 Å². The monoisotopic (exact) mass is 297 g/mol. The Bertz CT molecular complexity index is 708. The minimum absolute atomic E-state index is 0.422. The second-order valence-electron chi connectivity index (χ2n) is 6.95. The molecule has 0 spiro atoms. The molecule has 0 amide bonds. The number of hydrogen-bond donors (Lipinski definition) is 2. The van der Waals surface area contributed by atoms with Crippen LogP contribution in [0, 0.1) is 18.8 Å². The highest BCUT2D eigenvalue weighted by Crippen LogP contribution is 2.53. The standard InChI is InChI=1S/C17H23N5/c1-9(2)17-21-14(11-4-10(3)16(18)20-5-11)8-22(17)15-12-6-19-7-13(12)15/h4-5,8-9,12-13,15,19H,6-7H2,1-3H3,(H2,18,20)/t12-,13+,15+. The Morgan fingerprint density at radius 3 is 2.68 bits per heavy atom. The quantitative estimate of drug-likeness (QED) is 0.912. The molecule has 0 aromatic carbocycles. The second kappa shape index (κ2) is 4.81. The van der Waals surface area contributed by atoms with Crippen LogP contribution in [0.3, 0.4) is 0 Å². The van der Waals surface area contributed by atoms with E-state index in [2.05, 4.69) is 41.0 Å². The molecule has 2 aliphatic rings. The Hall–Kier alpha value is -1.88. The first-order chi connectivity index (χ1) is 10.6. The summed E-state index contributed by atoms with van der Waals surface area (Å²) in [6, 6.07) is 2.71. The highest BCUT2D eigenvalue weighted by molar-refractivity contribution is 5.61. The maximum absolute atomic E-state index is 5.83. The molecule has 3 atom stereocenters. The predicted octanol–water partition coefficient (Wildman–Crippen LogP) is 2.35. The van der Waals surface area contributed by atoms with Crippen LogP contribution < -0.4 is 11.1 Å². The number of aromatic nitrogens is 3. The molecule has 1 aliphatic heterocycles. The Balaban J connectivity index is 1.73. The van der Waals surface area contributed by atoms with Gasteiger partial charge in [-0.2, -0.15) is 0 Å². The Morgan fingerprint density at radius 1 is 1.32 bits per heavy atom. The van der Waals surface area contributed by atoms with Crippen molar-refractivity contribution in [3.63, 3.8) is 0 Å². The topological polar surface area (TPSA) is 68.8 Å². The molecule has 0 bridgehead atoms. The van der Waals surface area contributed by atoms with Crippen molar-refractivity contribution in [3.8, 4) is 11.3 Å². The van der Waals surface area contributed by atoms with Gasteiger partial charge in [0.2, 0.25) is 0 Å². The molecule has 4 rings (SSSR count). The zero-order valence-electron chi connectivity index (χ0n) is 13.4. The molecule has 5 nitrogen and oxygen atoms in total. The van der Waals surface area contributed by atoms with Crippen LogP contribution in [-0.2, 0) is 0 Å². The molecule has 1 saturated carbocycles. The Labute approximate surface area is 131 Å². The minimum Gasteiger partial charge on any atom is -0.383 e. The lowest BCUT2D eigenvalue weighted by atomic mass is 10.1. The van der Waals surface area contributed by atoms with Crippen LogP contribution in [0.4, 0.5) is 5.82 Å². The number of rotatable bonds is 3. The van der Waals surface area contributed by atoms with Gasteiger partial charge in [-0.15, -0.1) is 0 Å². The van der Waals surface area contributed by atoms with Gasteiger partial charge in [0.15, 0.2) is 0 Å². The first kappa shape index (κ1) is 13.8. The number of fused-ring (bicyclic) bond motifs is 1. The van der Waals surface area contributed by atoms with Gasteiger partial charge in [-0.05, 0) is 30.4 Å². The van der Waals surface area contributed by atoms with E-state index in [1.807, 2.05) is 13.1 Å². The van der Waals surface area contributed by atoms with E-state index in [1.165, 1.54) is 5.82 Å². The van der Waals surface area contributed by atoms with Crippen molar-refractivity contribution >= 4 is 5.82 Å². The third-order valence-electron chi connectivity index (χ3n) is 5.06. The lowest BCUT2D eigenvalue weighted by molar-refractivity contribution is 0.537. The van der Waals surface area contributed by atoms with E-state index in [4.69, 9.17) is 10.7 Å². The number of nitrogens with two attached hydrogens (primary N) is 1. The highest BCUT2D eigenvalue weighted by atomic mass is 15.2. The molecule has 2 aromatic heterocycles. The van der Waals surface area contributed by atoms with Crippen LogP contribution in [0.1, 0.15) is 37.2 Å². The number of piperidine rings is 1. The molecule has 3 N–H and O–H groups in total. The average molecular weight is 297 g/mol. The lowest BCUT2D eigenvalue weighted by Gasteiger charge is -2.12. The van der Waals surface area contributed by atoms with E-state index in [0.29, 0.717) is 17.8 Å². The van der Waals surface area contributed by atoms with E-state index >= 15 is 0 Å². The molecule has 116 valence electrons. The normalized spacial score (nSPS) is 26.5. The van der Waals surface area contributed by atoms with Crippen molar-refractivity contribution < 1.29 is 0 Å².